The number of likely N-dealkylation sites (tertiary alicyclic amines) is 1. The number of hydrogen-bond donors (Lipinski definition) is 2. The first kappa shape index (κ1) is 35.0. The second-order valence-electron chi connectivity index (χ2n) is 13.3. The third kappa shape index (κ3) is 6.19. The highest BCUT2D eigenvalue weighted by Crippen LogP contribution is 2.59. The van der Waals surface area contributed by atoms with E-state index in [1.165, 1.54) is 4.90 Å². The number of nitrogens with zero attached hydrogens (tertiary/aromatic N) is 2. The topological polar surface area (TPSA) is 125 Å². The molecular formula is C38H47N3O7. The lowest BCUT2D eigenvalue weighted by atomic mass is 9.70. The lowest BCUT2D eigenvalue weighted by Crippen LogP contribution is -2.58. The van der Waals surface area contributed by atoms with Crippen LogP contribution >= 0.6 is 0 Å². The number of aliphatic hydroxyl groups excluding tert-OH is 1. The molecule has 1 spiro atoms. The fraction of sp³-hybridized carbons (Fsp3) is 0.474. The number of carbonyl (C=O) groups is 4. The summed E-state index contributed by atoms with van der Waals surface area (Å²) in [7, 11) is 0. The van der Waals surface area contributed by atoms with Gasteiger partial charge in [-0.1, -0.05) is 60.7 Å². The molecule has 0 aromatic heterocycles. The molecule has 0 aliphatic carbocycles. The number of esters is 1. The number of rotatable bonds is 14. The Labute approximate surface area is 282 Å². The first-order valence-corrected chi connectivity index (χ1v) is 16.8. The first-order chi connectivity index (χ1) is 23.0. The van der Waals surface area contributed by atoms with Crippen molar-refractivity contribution in [1.82, 2.24) is 10.2 Å². The molecule has 3 aliphatic rings. The molecular weight excluding hydrogens is 610 g/mol. The van der Waals surface area contributed by atoms with Crippen molar-refractivity contribution >= 4 is 29.4 Å². The van der Waals surface area contributed by atoms with E-state index in [-0.39, 0.29) is 31.4 Å². The molecule has 5 rings (SSSR count). The van der Waals surface area contributed by atoms with Crippen LogP contribution in [0.5, 0.6) is 0 Å². The predicted octanol–water partition coefficient (Wildman–Crippen LogP) is 4.33. The minimum atomic E-state index is -1.28. The first-order valence-electron chi connectivity index (χ1n) is 16.8. The SMILES string of the molecule is C=CCCC(=O)N[C@@H](C)[C@H](OC(=O)[C@@H]1[C@H]2C(=O)N([C@H](C)CO)[C@H](C(=O)N(CC=C)c3c(C)cccc3C)[C@]23CC[C@H]1O3)c1ccccc1. The molecule has 3 amide bonds. The number of aliphatic hydroxyl groups is 1. The summed E-state index contributed by atoms with van der Waals surface area (Å²) in [5.74, 6) is -3.54. The summed E-state index contributed by atoms with van der Waals surface area (Å²) in [6, 6.07) is 12.6. The van der Waals surface area contributed by atoms with E-state index in [1.807, 2.05) is 62.4 Å². The predicted molar refractivity (Wildman–Crippen MR) is 182 cm³/mol. The number of nitrogens with one attached hydrogen (secondary N) is 1. The van der Waals surface area contributed by atoms with Gasteiger partial charge < -0.3 is 29.7 Å². The summed E-state index contributed by atoms with van der Waals surface area (Å²) in [6.07, 6.45) is 3.46. The van der Waals surface area contributed by atoms with Crippen LogP contribution in [0.2, 0.25) is 0 Å². The van der Waals surface area contributed by atoms with E-state index >= 15 is 0 Å². The maximum Gasteiger partial charge on any atom is 0.313 e. The minimum Gasteiger partial charge on any atom is -0.455 e. The van der Waals surface area contributed by atoms with Crippen LogP contribution < -0.4 is 10.2 Å². The lowest BCUT2D eigenvalue weighted by molar-refractivity contribution is -0.162. The van der Waals surface area contributed by atoms with E-state index in [2.05, 4.69) is 18.5 Å². The highest BCUT2D eigenvalue weighted by Gasteiger charge is 2.75. The Bertz CT molecular complexity index is 1540. The van der Waals surface area contributed by atoms with Gasteiger partial charge in [0.15, 0.2) is 0 Å². The Morgan fingerprint density at radius 2 is 1.79 bits per heavy atom. The zero-order chi connectivity index (χ0) is 34.7. The quantitative estimate of drug-likeness (QED) is 0.229. The van der Waals surface area contributed by atoms with Crippen molar-refractivity contribution in [2.24, 2.45) is 11.8 Å². The maximum absolute atomic E-state index is 14.8. The fourth-order valence-electron chi connectivity index (χ4n) is 7.94. The summed E-state index contributed by atoms with van der Waals surface area (Å²) in [5, 5.41) is 13.2. The van der Waals surface area contributed by atoms with Crippen molar-refractivity contribution in [3.8, 4) is 0 Å². The molecule has 2 N–H and O–H groups in total. The van der Waals surface area contributed by atoms with Gasteiger partial charge in [-0.15, -0.1) is 13.2 Å². The van der Waals surface area contributed by atoms with E-state index < -0.39 is 59.6 Å². The van der Waals surface area contributed by atoms with Gasteiger partial charge in [-0.25, -0.2) is 0 Å². The van der Waals surface area contributed by atoms with Crippen LogP contribution in [-0.2, 0) is 28.7 Å². The molecule has 10 nitrogen and oxygen atoms in total. The van der Waals surface area contributed by atoms with Gasteiger partial charge >= 0.3 is 5.97 Å². The number of benzene rings is 2. The highest BCUT2D eigenvalue weighted by molar-refractivity contribution is 6.05. The molecule has 3 heterocycles. The molecule has 0 unspecified atom stereocenters. The Balaban J connectivity index is 1.50. The number of amides is 3. The second-order valence-corrected chi connectivity index (χ2v) is 13.3. The van der Waals surface area contributed by atoms with Gasteiger partial charge in [0.05, 0.1) is 36.6 Å². The van der Waals surface area contributed by atoms with Gasteiger partial charge in [-0.3, -0.25) is 19.2 Å². The van der Waals surface area contributed by atoms with Gasteiger partial charge in [0.2, 0.25) is 11.8 Å². The van der Waals surface area contributed by atoms with E-state index in [0.29, 0.717) is 24.8 Å². The number of ether oxygens (including phenoxy) is 2. The minimum absolute atomic E-state index is 0.196. The van der Waals surface area contributed by atoms with Crippen LogP contribution in [0.3, 0.4) is 0 Å². The number of hydrogen-bond acceptors (Lipinski definition) is 7. The van der Waals surface area contributed by atoms with Crippen LogP contribution in [0.15, 0.2) is 73.8 Å². The van der Waals surface area contributed by atoms with Crippen molar-refractivity contribution in [2.75, 3.05) is 18.1 Å². The maximum atomic E-state index is 14.8. The molecule has 8 atom stereocenters. The Morgan fingerprint density at radius 3 is 2.42 bits per heavy atom. The molecule has 3 fully saturated rings. The molecule has 10 heteroatoms. The Hall–Kier alpha value is -4.28. The molecule has 0 radical (unpaired) electrons. The van der Waals surface area contributed by atoms with Gasteiger partial charge in [0.25, 0.3) is 5.91 Å². The van der Waals surface area contributed by atoms with Crippen molar-refractivity contribution in [3.63, 3.8) is 0 Å². The number of anilines is 1. The van der Waals surface area contributed by atoms with Crippen molar-refractivity contribution in [1.29, 1.82) is 0 Å². The van der Waals surface area contributed by atoms with Gasteiger partial charge in [-0.05, 0) is 63.6 Å². The largest absolute Gasteiger partial charge is 0.455 e. The molecule has 3 aliphatic heterocycles. The van der Waals surface area contributed by atoms with Gasteiger partial charge in [0, 0.05) is 18.7 Å². The highest BCUT2D eigenvalue weighted by atomic mass is 16.6. The van der Waals surface area contributed by atoms with E-state index in [0.717, 1.165) is 16.8 Å². The van der Waals surface area contributed by atoms with Crippen LogP contribution in [0.4, 0.5) is 5.69 Å². The molecule has 2 bridgehead atoms. The molecule has 48 heavy (non-hydrogen) atoms. The van der Waals surface area contributed by atoms with Crippen molar-refractivity contribution in [2.45, 2.75) is 89.3 Å². The lowest BCUT2D eigenvalue weighted by Gasteiger charge is -2.39. The molecule has 256 valence electrons. The Kier molecular flexibility index (Phi) is 10.6. The third-order valence-corrected chi connectivity index (χ3v) is 10.1. The monoisotopic (exact) mass is 657 g/mol. The summed E-state index contributed by atoms with van der Waals surface area (Å²) in [6.45, 7) is 14.7. The summed E-state index contributed by atoms with van der Waals surface area (Å²) < 4.78 is 12.8. The van der Waals surface area contributed by atoms with Gasteiger partial charge in [0.1, 0.15) is 17.7 Å². The summed E-state index contributed by atoms with van der Waals surface area (Å²) in [5.41, 5.74) is 1.91. The smallest absolute Gasteiger partial charge is 0.313 e. The molecule has 0 saturated carbocycles. The third-order valence-electron chi connectivity index (χ3n) is 10.1. The van der Waals surface area contributed by atoms with Crippen molar-refractivity contribution in [3.05, 3.63) is 90.5 Å². The average molecular weight is 658 g/mol. The second kappa shape index (κ2) is 14.5. The van der Waals surface area contributed by atoms with Crippen LogP contribution in [0, 0.1) is 25.7 Å². The summed E-state index contributed by atoms with van der Waals surface area (Å²) in [4.78, 5) is 59.2. The molecule has 2 aromatic carbocycles. The molecule has 3 saturated heterocycles. The number of para-hydroxylation sites is 1. The fourth-order valence-corrected chi connectivity index (χ4v) is 7.94. The number of allylic oxidation sites excluding steroid dienone is 1. The zero-order valence-corrected chi connectivity index (χ0v) is 28.3. The van der Waals surface area contributed by atoms with E-state index in [9.17, 15) is 24.3 Å². The average Bonchev–Trinajstić information content (AvgIpc) is 3.72. The Morgan fingerprint density at radius 1 is 1.10 bits per heavy atom. The number of fused-ring (bicyclic) bond motifs is 1. The number of carbonyl (C=O) groups excluding carboxylic acids is 4. The van der Waals surface area contributed by atoms with Gasteiger partial charge in [-0.2, -0.15) is 0 Å². The van der Waals surface area contributed by atoms with E-state index in [4.69, 9.17) is 9.47 Å². The zero-order valence-electron chi connectivity index (χ0n) is 28.3. The van der Waals surface area contributed by atoms with Crippen molar-refractivity contribution < 1.29 is 33.8 Å². The van der Waals surface area contributed by atoms with Crippen LogP contribution in [0.25, 0.3) is 0 Å². The van der Waals surface area contributed by atoms with Crippen LogP contribution in [-0.4, -0.2) is 76.7 Å². The normalized spacial score (nSPS) is 25.9. The molecule has 2 aromatic rings. The summed E-state index contributed by atoms with van der Waals surface area (Å²) >= 11 is 0. The van der Waals surface area contributed by atoms with Crippen LogP contribution in [0.1, 0.15) is 62.3 Å². The number of aryl methyl sites for hydroxylation is 2. The van der Waals surface area contributed by atoms with E-state index in [1.54, 1.807) is 30.9 Å². The standard InChI is InChI=1S/C38H47N3O7/c1-7-9-18-29(43)39-26(6)33(27-16-11-10-12-17-27)47-37(46)30-28-19-20-38(48-28)31(30)35(44)41(25(5)22-42)34(38)36(45)40(21-8-2)32-23(3)14-13-15-24(32)4/h7-8,10-17,25-26,28,30-31,33-34,42H,1-2,9,18-22H2,3-6H3,(H,39,43)/t25-,26+,28-,30+,31+,33+,34-,38+/m1/s1.